The first-order valence-electron chi connectivity index (χ1n) is 8.50. The monoisotopic (exact) mass is 310 g/mol. The van der Waals surface area contributed by atoms with Crippen molar-refractivity contribution in [3.63, 3.8) is 0 Å². The van der Waals surface area contributed by atoms with Gasteiger partial charge in [-0.3, -0.25) is 4.90 Å². The molecule has 3 N–H and O–H groups in total. The van der Waals surface area contributed by atoms with Gasteiger partial charge in [0.1, 0.15) is 0 Å². The lowest BCUT2D eigenvalue weighted by atomic mass is 9.83. The van der Waals surface area contributed by atoms with Crippen molar-refractivity contribution in [1.82, 2.24) is 11.1 Å². The van der Waals surface area contributed by atoms with Gasteiger partial charge in [-0.05, 0) is 44.2 Å². The number of likely N-dealkylation sites (tertiary alicyclic amines) is 1. The largest absolute Gasteiger partial charge is 0.344 e. The molecule has 0 amide bonds. The first-order valence-corrected chi connectivity index (χ1v) is 8.50. The molecule has 1 unspecified atom stereocenters. The predicted octanol–water partition coefficient (Wildman–Crippen LogP) is 5.22. The Balaban J connectivity index is 0.00000192. The van der Waals surface area contributed by atoms with Crippen LogP contribution in [-0.2, 0) is 13.0 Å². The first kappa shape index (κ1) is 17.7. The van der Waals surface area contributed by atoms with Crippen LogP contribution in [0.2, 0.25) is 0 Å². The van der Waals surface area contributed by atoms with Gasteiger partial charge in [0.25, 0.3) is 0 Å². The molecule has 2 heteroatoms. The van der Waals surface area contributed by atoms with Gasteiger partial charge in [-0.25, -0.2) is 0 Å². The summed E-state index contributed by atoms with van der Waals surface area (Å²) in [6.45, 7) is 5.88. The fraction of sp³-hybridized carbons (Fsp3) is 0.429. The zero-order valence-electron chi connectivity index (χ0n) is 14.5. The van der Waals surface area contributed by atoms with Gasteiger partial charge in [0.2, 0.25) is 0 Å². The summed E-state index contributed by atoms with van der Waals surface area (Å²) in [7, 11) is 0. The van der Waals surface area contributed by atoms with E-state index in [1.807, 2.05) is 0 Å². The van der Waals surface area contributed by atoms with E-state index in [-0.39, 0.29) is 11.7 Å². The third-order valence-corrected chi connectivity index (χ3v) is 5.05. The Labute approximate surface area is 141 Å². The molecule has 2 aromatic rings. The molecular formula is C21H30N2. The highest BCUT2D eigenvalue weighted by Crippen LogP contribution is 2.34. The number of benzene rings is 2. The maximum Gasteiger partial charge on any atom is 0.0242 e. The fourth-order valence-electron chi connectivity index (χ4n) is 3.79. The van der Waals surface area contributed by atoms with Crippen LogP contribution in [0.4, 0.5) is 0 Å². The highest BCUT2D eigenvalue weighted by atomic mass is 15.2. The third-order valence-electron chi connectivity index (χ3n) is 5.05. The van der Waals surface area contributed by atoms with E-state index in [9.17, 15) is 0 Å². The van der Waals surface area contributed by atoms with Crippen LogP contribution in [0.25, 0.3) is 0 Å². The average molecular weight is 310 g/mol. The Bertz CT molecular complexity index is 577. The maximum absolute atomic E-state index is 2.73. The van der Waals surface area contributed by atoms with Crippen molar-refractivity contribution < 1.29 is 0 Å². The smallest absolute Gasteiger partial charge is 0.0242 e. The summed E-state index contributed by atoms with van der Waals surface area (Å²) in [5.41, 5.74) is 3.17. The van der Waals surface area contributed by atoms with Gasteiger partial charge in [0.15, 0.2) is 0 Å². The number of hydrogen-bond acceptors (Lipinski definition) is 2. The second kappa shape index (κ2) is 7.76. The Morgan fingerprint density at radius 3 is 2.09 bits per heavy atom. The minimum absolute atomic E-state index is 0. The van der Waals surface area contributed by atoms with Crippen LogP contribution in [0.1, 0.15) is 44.2 Å². The van der Waals surface area contributed by atoms with Gasteiger partial charge < -0.3 is 6.15 Å². The Kier molecular flexibility index (Phi) is 5.97. The molecule has 124 valence electrons. The van der Waals surface area contributed by atoms with E-state index in [4.69, 9.17) is 0 Å². The van der Waals surface area contributed by atoms with Crippen molar-refractivity contribution in [2.24, 2.45) is 0 Å². The zero-order valence-corrected chi connectivity index (χ0v) is 14.5. The number of nitrogens with zero attached hydrogens (tertiary/aromatic N) is 1. The molecule has 1 heterocycles. The van der Waals surface area contributed by atoms with E-state index < -0.39 is 0 Å². The molecule has 1 aliphatic rings. The van der Waals surface area contributed by atoms with Crippen molar-refractivity contribution in [2.75, 3.05) is 0 Å². The molecule has 2 nitrogen and oxygen atoms in total. The van der Waals surface area contributed by atoms with E-state index >= 15 is 0 Å². The molecule has 1 fully saturated rings. The van der Waals surface area contributed by atoms with E-state index in [1.54, 1.807) is 0 Å². The van der Waals surface area contributed by atoms with Gasteiger partial charge in [0.05, 0.1) is 0 Å². The summed E-state index contributed by atoms with van der Waals surface area (Å²) in [5.74, 6) is 0. The molecule has 2 aromatic carbocycles. The van der Waals surface area contributed by atoms with Crippen molar-refractivity contribution in [3.8, 4) is 0 Å². The average Bonchev–Trinajstić information content (AvgIpc) is 2.53. The summed E-state index contributed by atoms with van der Waals surface area (Å²) >= 11 is 0. The number of hydrogen-bond donors (Lipinski definition) is 1. The second-order valence-corrected chi connectivity index (χ2v) is 7.16. The summed E-state index contributed by atoms with van der Waals surface area (Å²) in [5, 5.41) is 0. The minimum atomic E-state index is 0. The molecule has 1 aliphatic heterocycles. The molecule has 1 atom stereocenters. The van der Waals surface area contributed by atoms with Crippen LogP contribution in [0.5, 0.6) is 0 Å². The fourth-order valence-corrected chi connectivity index (χ4v) is 3.79. The van der Waals surface area contributed by atoms with Crippen molar-refractivity contribution in [2.45, 2.75) is 57.7 Å². The lowest BCUT2D eigenvalue weighted by molar-refractivity contribution is 0.0158. The predicted molar refractivity (Wildman–Crippen MR) is 98.9 cm³/mol. The van der Waals surface area contributed by atoms with Gasteiger partial charge >= 0.3 is 0 Å². The van der Waals surface area contributed by atoms with Crippen LogP contribution in [0.15, 0.2) is 60.7 Å². The standard InChI is InChI=1S/C21H27N.H3N/c1-21(2)15-9-14-20(16-18-10-5-3-6-11-18)22(21)17-19-12-7-4-8-13-19;/h3-8,10-13,20H,9,14-17H2,1-2H3;1H3. The van der Waals surface area contributed by atoms with Crippen LogP contribution in [-0.4, -0.2) is 16.5 Å². The Morgan fingerprint density at radius 1 is 0.913 bits per heavy atom. The van der Waals surface area contributed by atoms with Gasteiger partial charge in [-0.15, -0.1) is 0 Å². The molecule has 0 aromatic heterocycles. The molecular weight excluding hydrogens is 280 g/mol. The van der Waals surface area contributed by atoms with Crippen molar-refractivity contribution in [1.29, 1.82) is 0 Å². The third kappa shape index (κ3) is 4.43. The molecule has 0 saturated carbocycles. The number of piperidine rings is 1. The van der Waals surface area contributed by atoms with Crippen molar-refractivity contribution >= 4 is 0 Å². The highest BCUT2D eigenvalue weighted by molar-refractivity contribution is 5.18. The molecule has 0 bridgehead atoms. The zero-order chi connectivity index (χ0) is 15.4. The minimum Gasteiger partial charge on any atom is -0.344 e. The summed E-state index contributed by atoms with van der Waals surface area (Å²) in [6, 6.07) is 22.5. The first-order chi connectivity index (χ1) is 10.6. The van der Waals surface area contributed by atoms with Crippen molar-refractivity contribution in [3.05, 3.63) is 71.8 Å². The molecule has 0 spiro atoms. The van der Waals surface area contributed by atoms with Crippen LogP contribution >= 0.6 is 0 Å². The second-order valence-electron chi connectivity index (χ2n) is 7.16. The normalized spacial score (nSPS) is 20.7. The molecule has 0 aliphatic carbocycles. The lowest BCUT2D eigenvalue weighted by Crippen LogP contribution is -2.53. The summed E-state index contributed by atoms with van der Waals surface area (Å²) in [6.07, 6.45) is 5.11. The van der Waals surface area contributed by atoms with E-state index in [2.05, 4.69) is 79.4 Å². The quantitative estimate of drug-likeness (QED) is 0.840. The van der Waals surface area contributed by atoms with Crippen LogP contribution in [0, 0.1) is 0 Å². The van der Waals surface area contributed by atoms with Gasteiger partial charge in [-0.1, -0.05) is 67.1 Å². The SMILES string of the molecule is CC1(C)CCCC(Cc2ccccc2)N1Cc1ccccc1.N. The molecule has 23 heavy (non-hydrogen) atoms. The highest BCUT2D eigenvalue weighted by Gasteiger charge is 2.35. The molecule has 3 rings (SSSR count). The van der Waals surface area contributed by atoms with E-state index in [0.717, 1.165) is 13.0 Å². The maximum atomic E-state index is 2.73. The molecule has 0 radical (unpaired) electrons. The van der Waals surface area contributed by atoms with Crippen LogP contribution < -0.4 is 6.15 Å². The Morgan fingerprint density at radius 2 is 1.48 bits per heavy atom. The van der Waals surface area contributed by atoms with Gasteiger partial charge in [-0.2, -0.15) is 0 Å². The summed E-state index contributed by atoms with van der Waals surface area (Å²) in [4.78, 5) is 2.73. The topological polar surface area (TPSA) is 38.2 Å². The molecule has 1 saturated heterocycles. The summed E-state index contributed by atoms with van der Waals surface area (Å²) < 4.78 is 0. The Hall–Kier alpha value is -1.64. The van der Waals surface area contributed by atoms with Crippen LogP contribution in [0.3, 0.4) is 0 Å². The van der Waals surface area contributed by atoms with E-state index in [1.165, 1.54) is 30.4 Å². The number of rotatable bonds is 4. The van der Waals surface area contributed by atoms with Gasteiger partial charge in [0, 0.05) is 18.1 Å². The lowest BCUT2D eigenvalue weighted by Gasteiger charge is -2.48. The van der Waals surface area contributed by atoms with E-state index in [0.29, 0.717) is 6.04 Å².